The third-order valence-electron chi connectivity index (χ3n) is 7.11. The molecule has 24 heteroatoms. The summed E-state index contributed by atoms with van der Waals surface area (Å²) < 4.78 is 199. The zero-order chi connectivity index (χ0) is 33.9. The quantitative estimate of drug-likeness (QED) is 0.156. The van der Waals surface area contributed by atoms with Gasteiger partial charge in [0.1, 0.15) is 23.4 Å². The number of fused-ring (bicyclic) bond motifs is 3. The number of ether oxygens (including phenoxy) is 3. The van der Waals surface area contributed by atoms with E-state index in [1.165, 1.54) is 0 Å². The maximum atomic E-state index is 13.9. The molecule has 3 fully saturated rings. The topological polar surface area (TPSA) is 133 Å². The van der Waals surface area contributed by atoms with Crippen molar-refractivity contribution in [3.05, 3.63) is 0 Å². The van der Waals surface area contributed by atoms with Gasteiger partial charge in [0.2, 0.25) is 0 Å². The maximum Gasteiger partial charge on any atom is 0.465 e. The van der Waals surface area contributed by atoms with Crippen LogP contribution in [0.1, 0.15) is 19.3 Å². The molecule has 3 unspecified atom stereocenters. The van der Waals surface area contributed by atoms with Gasteiger partial charge < -0.3 is 14.2 Å². The van der Waals surface area contributed by atoms with Crippen molar-refractivity contribution >= 4 is 51.5 Å². The second-order valence-electron chi connectivity index (χ2n) is 10.2. The SMILES string of the molecule is O=C(OCC1(COC(=O)C(F)(F)C(F)(F)F)CSC2(SC1)C1CCC(C1)C2OC(=O)C(F)(F)S(=O)(=O)O)C(F)(F)C(F)(F)F. The predicted octanol–water partition coefficient (Wildman–Crippen LogP) is 4.45. The Morgan fingerprint density at radius 3 is 1.57 bits per heavy atom. The van der Waals surface area contributed by atoms with Gasteiger partial charge in [-0.3, -0.25) is 4.55 Å². The van der Waals surface area contributed by atoms with Crippen LogP contribution in [0.5, 0.6) is 0 Å². The lowest BCUT2D eigenvalue weighted by atomic mass is 9.94. The summed E-state index contributed by atoms with van der Waals surface area (Å²) in [5.41, 5.74) is -2.23. The lowest BCUT2D eigenvalue weighted by molar-refractivity contribution is -0.282. The number of carbonyl (C=O) groups excluding carboxylic acids is 3. The Kier molecular flexibility index (Phi) is 9.54. The van der Waals surface area contributed by atoms with Gasteiger partial charge in [-0.05, 0) is 31.1 Å². The van der Waals surface area contributed by atoms with Gasteiger partial charge in [0.15, 0.2) is 0 Å². The lowest BCUT2D eigenvalue weighted by Crippen LogP contribution is -2.55. The van der Waals surface area contributed by atoms with Gasteiger partial charge in [-0.1, -0.05) is 0 Å². The first-order chi connectivity index (χ1) is 19.6. The molecule has 0 aromatic heterocycles. The summed E-state index contributed by atoms with van der Waals surface area (Å²) in [7, 11) is -6.29. The number of hydrogen-bond acceptors (Lipinski definition) is 10. The molecule has 254 valence electrons. The highest BCUT2D eigenvalue weighted by atomic mass is 32.2. The van der Waals surface area contributed by atoms with Gasteiger partial charge in [0.25, 0.3) is 0 Å². The molecule has 1 heterocycles. The summed E-state index contributed by atoms with van der Waals surface area (Å²) in [6, 6.07) is 0. The lowest BCUT2D eigenvalue weighted by Gasteiger charge is -2.49. The molecular weight excluding hydrogens is 708 g/mol. The molecular formula is C20H18F12O9S3. The van der Waals surface area contributed by atoms with E-state index in [2.05, 4.69) is 9.47 Å². The third kappa shape index (κ3) is 6.40. The number of alkyl halides is 12. The van der Waals surface area contributed by atoms with Crippen LogP contribution < -0.4 is 0 Å². The third-order valence-corrected chi connectivity index (χ3v) is 12.2. The normalized spacial score (nSPS) is 25.5. The molecule has 2 bridgehead atoms. The van der Waals surface area contributed by atoms with E-state index in [1.807, 2.05) is 0 Å². The zero-order valence-electron chi connectivity index (χ0n) is 21.2. The molecule has 2 saturated carbocycles. The average Bonchev–Trinajstić information content (AvgIpc) is 3.47. The molecule has 0 aromatic rings. The molecule has 1 N–H and O–H groups in total. The second kappa shape index (κ2) is 11.5. The van der Waals surface area contributed by atoms with Crippen LogP contribution in [0.2, 0.25) is 0 Å². The van der Waals surface area contributed by atoms with Crippen LogP contribution >= 0.6 is 23.5 Å². The highest BCUT2D eigenvalue weighted by Crippen LogP contribution is 2.66. The van der Waals surface area contributed by atoms with Gasteiger partial charge in [-0.25, -0.2) is 14.4 Å². The summed E-state index contributed by atoms with van der Waals surface area (Å²) >= 11 is 1.14. The van der Waals surface area contributed by atoms with Crippen molar-refractivity contribution < 1.29 is 94.2 Å². The smallest absolute Gasteiger partial charge is 0.460 e. The largest absolute Gasteiger partial charge is 0.465 e. The number of esters is 3. The van der Waals surface area contributed by atoms with E-state index in [0.29, 0.717) is 29.9 Å². The van der Waals surface area contributed by atoms with Crippen LogP contribution in [0, 0.1) is 17.3 Å². The predicted molar refractivity (Wildman–Crippen MR) is 121 cm³/mol. The Labute approximate surface area is 246 Å². The first-order valence-corrected chi connectivity index (χ1v) is 15.1. The van der Waals surface area contributed by atoms with Gasteiger partial charge in [-0.2, -0.15) is 61.1 Å². The molecule has 9 nitrogen and oxygen atoms in total. The Balaban J connectivity index is 1.87. The Morgan fingerprint density at radius 1 is 0.750 bits per heavy atom. The molecule has 1 aliphatic heterocycles. The van der Waals surface area contributed by atoms with Crippen LogP contribution in [0.3, 0.4) is 0 Å². The van der Waals surface area contributed by atoms with E-state index in [9.17, 15) is 75.5 Å². The maximum absolute atomic E-state index is 13.9. The van der Waals surface area contributed by atoms with Crippen molar-refractivity contribution in [1.82, 2.24) is 0 Å². The molecule has 2 aliphatic carbocycles. The van der Waals surface area contributed by atoms with Crippen molar-refractivity contribution in [3.8, 4) is 0 Å². The first-order valence-electron chi connectivity index (χ1n) is 11.7. The summed E-state index contributed by atoms with van der Waals surface area (Å²) in [5.74, 6) is -24.0. The molecule has 3 atom stereocenters. The fraction of sp³-hybridized carbons (Fsp3) is 0.850. The number of halogens is 12. The summed E-state index contributed by atoms with van der Waals surface area (Å²) in [6.07, 6.45) is -13.7. The second-order valence-corrected chi connectivity index (χ2v) is 14.4. The molecule has 0 amide bonds. The molecule has 0 radical (unpaired) electrons. The summed E-state index contributed by atoms with van der Waals surface area (Å²) in [6.45, 7) is -3.12. The highest BCUT2D eigenvalue weighted by molar-refractivity contribution is 8.19. The van der Waals surface area contributed by atoms with E-state index in [-0.39, 0.29) is 12.8 Å². The van der Waals surface area contributed by atoms with Crippen LogP contribution in [0.15, 0.2) is 0 Å². The highest BCUT2D eigenvalue weighted by Gasteiger charge is 2.68. The summed E-state index contributed by atoms with van der Waals surface area (Å²) in [5, 5.41) is -5.42. The van der Waals surface area contributed by atoms with E-state index in [0.717, 1.165) is 0 Å². The van der Waals surface area contributed by atoms with E-state index in [1.54, 1.807) is 0 Å². The Hall–Kier alpha value is -1.82. The van der Waals surface area contributed by atoms with Crippen molar-refractivity contribution in [2.24, 2.45) is 17.3 Å². The number of thioether (sulfide) groups is 2. The summed E-state index contributed by atoms with van der Waals surface area (Å²) in [4.78, 5) is 35.1. The van der Waals surface area contributed by atoms with Crippen molar-refractivity contribution in [1.29, 1.82) is 0 Å². The molecule has 3 aliphatic rings. The molecule has 1 saturated heterocycles. The Morgan fingerprint density at radius 2 is 1.18 bits per heavy atom. The van der Waals surface area contributed by atoms with Crippen LogP contribution in [0.4, 0.5) is 52.7 Å². The molecule has 1 spiro atoms. The van der Waals surface area contributed by atoms with Gasteiger partial charge in [0, 0.05) is 11.5 Å². The number of hydrogen-bond donors (Lipinski definition) is 1. The fourth-order valence-corrected chi connectivity index (χ4v) is 9.14. The first kappa shape index (κ1) is 36.6. The molecule has 3 rings (SSSR count). The average molecular weight is 727 g/mol. The number of carbonyl (C=O) groups is 3. The molecule has 44 heavy (non-hydrogen) atoms. The Bertz CT molecular complexity index is 1220. The van der Waals surface area contributed by atoms with Gasteiger partial charge >= 0.3 is 57.5 Å². The van der Waals surface area contributed by atoms with Crippen molar-refractivity contribution in [2.75, 3.05) is 24.7 Å². The number of rotatable bonds is 9. The fourth-order valence-electron chi connectivity index (χ4n) is 4.76. The molecule has 0 aromatic carbocycles. The minimum atomic E-state index is -6.46. The van der Waals surface area contributed by atoms with Crippen molar-refractivity contribution in [2.45, 2.75) is 58.9 Å². The minimum absolute atomic E-state index is 0.169. The van der Waals surface area contributed by atoms with Gasteiger partial charge in [0.05, 0.1) is 5.41 Å². The van der Waals surface area contributed by atoms with E-state index in [4.69, 9.17) is 9.29 Å². The zero-order valence-corrected chi connectivity index (χ0v) is 23.6. The van der Waals surface area contributed by atoms with Crippen molar-refractivity contribution in [3.63, 3.8) is 0 Å². The van der Waals surface area contributed by atoms with Crippen LogP contribution in [-0.2, 0) is 38.7 Å². The van der Waals surface area contributed by atoms with E-state index < -0.39 is 110 Å². The monoisotopic (exact) mass is 726 g/mol. The van der Waals surface area contributed by atoms with Crippen LogP contribution in [0.25, 0.3) is 0 Å². The minimum Gasteiger partial charge on any atom is -0.460 e. The van der Waals surface area contributed by atoms with E-state index >= 15 is 0 Å². The van der Waals surface area contributed by atoms with Crippen LogP contribution in [-0.4, -0.2) is 95.2 Å². The standard InChI is InChI=1S/C20H18F12O9S3/c21-16(22,19(27,28)29)11(33)39-4-14(5-40-12(34)17(23,24)20(30,31)32)6-42-15(43-7-14)9-2-1-8(3-9)10(15)41-13(35)18(25,26)44(36,37)38/h8-10H,1-7H2,(H,36,37,38). The van der Waals surface area contributed by atoms with Gasteiger partial charge in [-0.15, -0.1) is 23.5 Å².